The highest BCUT2D eigenvalue weighted by Gasteiger charge is 2.73. The molecule has 1 fully saturated rings. The van der Waals surface area contributed by atoms with E-state index in [1.807, 2.05) is 0 Å². The Kier molecular flexibility index (Phi) is 6.82. The molecule has 1 aliphatic carbocycles. The van der Waals surface area contributed by atoms with Crippen LogP contribution in [0.15, 0.2) is 24.4 Å². The van der Waals surface area contributed by atoms with Gasteiger partial charge in [0.25, 0.3) is 5.91 Å². The fourth-order valence-corrected chi connectivity index (χ4v) is 5.17. The Balaban J connectivity index is 1.72. The second-order valence-electron chi connectivity index (χ2n) is 8.17. The van der Waals surface area contributed by atoms with Crippen molar-refractivity contribution in [2.75, 3.05) is 7.05 Å². The summed E-state index contributed by atoms with van der Waals surface area (Å²) in [7, 11) is 1.65. The standard InChI is InChI=1S/C21H14Cl2F7N5OS/c1-34(10-2-3-10)18(36)11-6-15(37-16(11)7-31)14-8-35(33-32-14)17-12(22)4-9(5-13(17)23)19(24,20(25,26)27)21(28,29)30/h4-8,10,31H,2-3H2,1H3. The molecule has 6 nitrogen and oxygen atoms in total. The molecule has 1 aliphatic rings. The summed E-state index contributed by atoms with van der Waals surface area (Å²) >= 11 is 12.9. The van der Waals surface area contributed by atoms with Crippen LogP contribution in [-0.2, 0) is 5.67 Å². The van der Waals surface area contributed by atoms with Gasteiger partial charge in [-0.2, -0.15) is 26.3 Å². The van der Waals surface area contributed by atoms with E-state index >= 15 is 0 Å². The van der Waals surface area contributed by atoms with Crippen LogP contribution in [0.5, 0.6) is 0 Å². The maximum atomic E-state index is 14.5. The van der Waals surface area contributed by atoms with Crippen molar-refractivity contribution < 1.29 is 35.5 Å². The third-order valence-electron chi connectivity index (χ3n) is 5.71. The molecule has 1 N–H and O–H groups in total. The molecule has 0 radical (unpaired) electrons. The first kappa shape index (κ1) is 27.3. The number of amides is 1. The van der Waals surface area contributed by atoms with E-state index in [1.165, 1.54) is 12.3 Å². The molecular weight excluding hydrogens is 574 g/mol. The lowest BCUT2D eigenvalue weighted by Crippen LogP contribution is -2.50. The number of halogens is 9. The average molecular weight is 588 g/mol. The predicted molar refractivity (Wildman–Crippen MR) is 123 cm³/mol. The summed E-state index contributed by atoms with van der Waals surface area (Å²) in [4.78, 5) is 15.1. The lowest BCUT2D eigenvalue weighted by atomic mass is 9.94. The summed E-state index contributed by atoms with van der Waals surface area (Å²) in [6.45, 7) is 0. The van der Waals surface area contributed by atoms with Gasteiger partial charge in [0.05, 0.1) is 31.6 Å². The summed E-state index contributed by atoms with van der Waals surface area (Å²) in [5, 5.41) is 13.8. The van der Waals surface area contributed by atoms with Gasteiger partial charge in [-0.15, -0.1) is 16.4 Å². The summed E-state index contributed by atoms with van der Waals surface area (Å²) in [6.07, 6.45) is -8.69. The van der Waals surface area contributed by atoms with E-state index in [0.717, 1.165) is 35.1 Å². The number of thiophene rings is 1. The van der Waals surface area contributed by atoms with Crippen molar-refractivity contribution in [3.05, 3.63) is 50.4 Å². The summed E-state index contributed by atoms with van der Waals surface area (Å²) in [5.74, 6) is -0.290. The highest BCUT2D eigenvalue weighted by molar-refractivity contribution is 7.17. The molecule has 0 atom stereocenters. The van der Waals surface area contributed by atoms with Crippen molar-refractivity contribution in [3.63, 3.8) is 0 Å². The Morgan fingerprint density at radius 2 is 1.68 bits per heavy atom. The van der Waals surface area contributed by atoms with Crippen molar-refractivity contribution in [1.82, 2.24) is 19.9 Å². The molecule has 2 aromatic heterocycles. The van der Waals surface area contributed by atoms with Gasteiger partial charge in [0.15, 0.2) is 0 Å². The fraction of sp³-hybridized carbons (Fsp3) is 0.333. The molecule has 0 aliphatic heterocycles. The Morgan fingerprint density at radius 1 is 1.11 bits per heavy atom. The number of benzene rings is 1. The number of alkyl halides is 7. The maximum Gasteiger partial charge on any atom is 0.435 e. The normalized spacial score (nSPS) is 14.6. The molecule has 198 valence electrons. The topological polar surface area (TPSA) is 74.9 Å². The van der Waals surface area contributed by atoms with Gasteiger partial charge in [-0.05, 0) is 31.0 Å². The zero-order valence-electron chi connectivity index (χ0n) is 18.4. The highest BCUT2D eigenvalue weighted by atomic mass is 35.5. The van der Waals surface area contributed by atoms with Crippen molar-refractivity contribution in [2.24, 2.45) is 0 Å². The Labute approximate surface area is 218 Å². The van der Waals surface area contributed by atoms with Gasteiger partial charge in [-0.25, -0.2) is 9.07 Å². The number of nitrogens with one attached hydrogen (secondary N) is 1. The van der Waals surface area contributed by atoms with Crippen molar-refractivity contribution >= 4 is 46.7 Å². The number of rotatable bonds is 6. The van der Waals surface area contributed by atoms with E-state index in [0.29, 0.717) is 9.75 Å². The second-order valence-corrected chi connectivity index (χ2v) is 10.1. The Bertz CT molecular complexity index is 1340. The smallest absolute Gasteiger partial charge is 0.339 e. The molecule has 0 spiro atoms. The first-order valence-electron chi connectivity index (χ1n) is 10.3. The fourth-order valence-electron chi connectivity index (χ4n) is 3.58. The van der Waals surface area contributed by atoms with E-state index in [4.69, 9.17) is 28.6 Å². The molecule has 2 heterocycles. The monoisotopic (exact) mass is 587 g/mol. The van der Waals surface area contributed by atoms with E-state index in [2.05, 4.69) is 10.3 Å². The Morgan fingerprint density at radius 3 is 2.16 bits per heavy atom. The molecule has 1 aromatic carbocycles. The molecule has 1 amide bonds. The lowest BCUT2D eigenvalue weighted by molar-refractivity contribution is -0.348. The third kappa shape index (κ3) is 4.70. The van der Waals surface area contributed by atoms with Crippen LogP contribution in [0.25, 0.3) is 16.3 Å². The van der Waals surface area contributed by atoms with Crippen molar-refractivity contribution in [2.45, 2.75) is 36.9 Å². The van der Waals surface area contributed by atoms with Crippen LogP contribution in [0.3, 0.4) is 0 Å². The molecule has 16 heteroatoms. The number of carbonyl (C=O) groups excluding carboxylic acids is 1. The minimum absolute atomic E-state index is 0.125. The van der Waals surface area contributed by atoms with Gasteiger partial charge in [0.2, 0.25) is 0 Å². The van der Waals surface area contributed by atoms with Gasteiger partial charge in [-0.3, -0.25) is 4.79 Å². The van der Waals surface area contributed by atoms with Crippen LogP contribution in [0.2, 0.25) is 10.0 Å². The van der Waals surface area contributed by atoms with Crippen LogP contribution in [0.4, 0.5) is 30.7 Å². The van der Waals surface area contributed by atoms with Gasteiger partial charge in [-0.1, -0.05) is 28.4 Å². The molecule has 1 saturated carbocycles. The SMILES string of the molecule is CN(C(=O)c1cc(-c2cn(-c3c(Cl)cc(C(F)(C(F)(F)F)C(F)(F)F)cc3Cl)nn2)sc1C=N)C1CC1. The molecule has 0 unspecified atom stereocenters. The first-order chi connectivity index (χ1) is 17.1. The van der Waals surface area contributed by atoms with Crippen LogP contribution < -0.4 is 0 Å². The van der Waals surface area contributed by atoms with E-state index < -0.39 is 33.6 Å². The van der Waals surface area contributed by atoms with Crippen LogP contribution in [-0.4, -0.2) is 57.5 Å². The molecule has 37 heavy (non-hydrogen) atoms. The second kappa shape index (κ2) is 9.24. The van der Waals surface area contributed by atoms with Crippen LogP contribution >= 0.6 is 34.5 Å². The predicted octanol–water partition coefficient (Wildman–Crippen LogP) is 6.82. The van der Waals surface area contributed by atoms with Crippen molar-refractivity contribution in [1.29, 1.82) is 5.41 Å². The zero-order valence-corrected chi connectivity index (χ0v) is 20.7. The number of hydrogen-bond donors (Lipinski definition) is 1. The number of nitrogens with zero attached hydrogens (tertiary/aromatic N) is 4. The minimum Gasteiger partial charge on any atom is -0.339 e. The third-order valence-corrected chi connectivity index (χ3v) is 7.39. The first-order valence-corrected chi connectivity index (χ1v) is 11.8. The van der Waals surface area contributed by atoms with E-state index in [1.54, 1.807) is 11.9 Å². The number of hydrogen-bond acceptors (Lipinski definition) is 5. The van der Waals surface area contributed by atoms with Crippen LogP contribution in [0, 0.1) is 5.41 Å². The van der Waals surface area contributed by atoms with E-state index in [-0.39, 0.29) is 41.0 Å². The quantitative estimate of drug-likeness (QED) is 0.254. The molecule has 0 saturated heterocycles. The van der Waals surface area contributed by atoms with Gasteiger partial charge in [0, 0.05) is 24.9 Å². The van der Waals surface area contributed by atoms with Gasteiger partial charge >= 0.3 is 18.0 Å². The summed E-state index contributed by atoms with van der Waals surface area (Å²) < 4.78 is 94.1. The Hall–Kier alpha value is -2.71. The lowest BCUT2D eigenvalue weighted by Gasteiger charge is -2.30. The highest BCUT2D eigenvalue weighted by Crippen LogP contribution is 2.54. The van der Waals surface area contributed by atoms with Gasteiger partial charge in [0.1, 0.15) is 11.4 Å². The van der Waals surface area contributed by atoms with Crippen molar-refractivity contribution in [3.8, 4) is 16.3 Å². The largest absolute Gasteiger partial charge is 0.435 e. The van der Waals surface area contributed by atoms with E-state index in [9.17, 15) is 35.5 Å². The summed E-state index contributed by atoms with van der Waals surface area (Å²) in [5.41, 5.74) is -7.48. The molecule has 3 aromatic rings. The number of carbonyl (C=O) groups is 1. The zero-order chi connectivity index (χ0) is 27.5. The molecule has 0 bridgehead atoms. The van der Waals surface area contributed by atoms with Gasteiger partial charge < -0.3 is 10.3 Å². The minimum atomic E-state index is -6.34. The van der Waals surface area contributed by atoms with Crippen LogP contribution in [0.1, 0.15) is 33.6 Å². The summed E-state index contributed by atoms with van der Waals surface area (Å²) in [6, 6.07) is 1.97. The molecular formula is C21H14Cl2F7N5OS. The average Bonchev–Trinajstić information content (AvgIpc) is 3.37. The number of aromatic nitrogens is 3. The molecule has 4 rings (SSSR count). The maximum absolute atomic E-state index is 14.5.